The molecule has 84 valence electrons. The highest BCUT2D eigenvalue weighted by Gasteiger charge is 2.44. The van der Waals surface area contributed by atoms with Crippen molar-refractivity contribution in [3.8, 4) is 0 Å². The third-order valence-corrected chi connectivity index (χ3v) is 2.61. The summed E-state index contributed by atoms with van der Waals surface area (Å²) in [5.41, 5.74) is 0. The first-order chi connectivity index (χ1) is 7.01. The maximum absolute atomic E-state index is 11.2. The summed E-state index contributed by atoms with van der Waals surface area (Å²) in [4.78, 5) is 22.3. The maximum Gasteiger partial charge on any atom is 0.320 e. The fraction of sp³-hybridized carbons (Fsp3) is 0.636. The lowest BCUT2D eigenvalue weighted by molar-refractivity contribution is -0.255. The number of ether oxygens (including phenoxy) is 2. The number of hydrogen-bond donors (Lipinski definition) is 0. The normalized spacial score (nSPS) is 21.5. The van der Waals surface area contributed by atoms with Gasteiger partial charge in [0.25, 0.3) is 5.79 Å². The monoisotopic (exact) mass is 212 g/mol. The van der Waals surface area contributed by atoms with Crippen molar-refractivity contribution in [1.29, 1.82) is 0 Å². The molecule has 0 aromatic carbocycles. The number of rotatable bonds is 4. The van der Waals surface area contributed by atoms with Crippen molar-refractivity contribution >= 4 is 11.9 Å². The SMILES string of the molecule is C=CCC(CC)C1(C)OC(=O)CC(=O)O1. The number of esters is 2. The van der Waals surface area contributed by atoms with Crippen LogP contribution in [0.2, 0.25) is 0 Å². The molecule has 0 saturated carbocycles. The van der Waals surface area contributed by atoms with Gasteiger partial charge in [0.15, 0.2) is 0 Å². The van der Waals surface area contributed by atoms with Crippen molar-refractivity contribution in [3.05, 3.63) is 12.7 Å². The molecule has 1 fully saturated rings. The van der Waals surface area contributed by atoms with Gasteiger partial charge in [-0.2, -0.15) is 0 Å². The van der Waals surface area contributed by atoms with E-state index in [9.17, 15) is 9.59 Å². The Morgan fingerprint density at radius 3 is 2.40 bits per heavy atom. The molecule has 4 nitrogen and oxygen atoms in total. The Kier molecular flexibility index (Phi) is 3.50. The summed E-state index contributed by atoms with van der Waals surface area (Å²) in [5.74, 6) is -2.20. The summed E-state index contributed by atoms with van der Waals surface area (Å²) < 4.78 is 10.2. The summed E-state index contributed by atoms with van der Waals surface area (Å²) in [6.07, 6.45) is 2.84. The summed E-state index contributed by atoms with van der Waals surface area (Å²) in [7, 11) is 0. The van der Waals surface area contributed by atoms with Gasteiger partial charge in [-0.25, -0.2) is 0 Å². The fourth-order valence-corrected chi connectivity index (χ4v) is 1.78. The molecule has 1 aliphatic heterocycles. The van der Waals surface area contributed by atoms with Crippen LogP contribution in [0.15, 0.2) is 12.7 Å². The van der Waals surface area contributed by atoms with E-state index in [4.69, 9.17) is 9.47 Å². The zero-order valence-electron chi connectivity index (χ0n) is 9.12. The molecule has 15 heavy (non-hydrogen) atoms. The number of cyclic esters (lactones) is 2. The van der Waals surface area contributed by atoms with E-state index in [1.54, 1.807) is 13.0 Å². The molecule has 0 aliphatic carbocycles. The minimum absolute atomic E-state index is 0.0387. The highest BCUT2D eigenvalue weighted by molar-refractivity contribution is 5.93. The molecule has 1 atom stereocenters. The average molecular weight is 212 g/mol. The van der Waals surface area contributed by atoms with E-state index in [2.05, 4.69) is 6.58 Å². The van der Waals surface area contributed by atoms with E-state index in [1.165, 1.54) is 0 Å². The second kappa shape index (κ2) is 4.47. The van der Waals surface area contributed by atoms with Crippen LogP contribution in [-0.2, 0) is 19.1 Å². The van der Waals surface area contributed by atoms with Gasteiger partial charge in [0.2, 0.25) is 0 Å². The Hall–Kier alpha value is -1.32. The van der Waals surface area contributed by atoms with E-state index in [1.807, 2.05) is 6.92 Å². The maximum atomic E-state index is 11.2. The van der Waals surface area contributed by atoms with Crippen molar-refractivity contribution < 1.29 is 19.1 Å². The van der Waals surface area contributed by atoms with E-state index in [-0.39, 0.29) is 12.3 Å². The Morgan fingerprint density at radius 1 is 1.47 bits per heavy atom. The average Bonchev–Trinajstić information content (AvgIpc) is 2.11. The molecule has 1 heterocycles. The molecular formula is C11H16O4. The number of allylic oxidation sites excluding steroid dienone is 1. The van der Waals surface area contributed by atoms with Gasteiger partial charge < -0.3 is 9.47 Å². The molecule has 0 radical (unpaired) electrons. The molecule has 1 aliphatic rings. The van der Waals surface area contributed by atoms with Crippen LogP contribution in [0.3, 0.4) is 0 Å². The molecule has 4 heteroatoms. The van der Waals surface area contributed by atoms with Crippen molar-refractivity contribution in [2.75, 3.05) is 0 Å². The van der Waals surface area contributed by atoms with E-state index >= 15 is 0 Å². The lowest BCUT2D eigenvalue weighted by Crippen LogP contribution is -2.48. The van der Waals surface area contributed by atoms with Crippen LogP contribution in [0.25, 0.3) is 0 Å². The van der Waals surface area contributed by atoms with Crippen LogP contribution in [-0.4, -0.2) is 17.7 Å². The first kappa shape index (κ1) is 11.8. The predicted molar refractivity (Wildman–Crippen MR) is 53.8 cm³/mol. The van der Waals surface area contributed by atoms with Gasteiger partial charge in [-0.1, -0.05) is 13.0 Å². The Labute approximate surface area is 89.2 Å². The van der Waals surface area contributed by atoms with Gasteiger partial charge in [0.1, 0.15) is 6.42 Å². The Morgan fingerprint density at radius 2 is 2.00 bits per heavy atom. The highest BCUT2D eigenvalue weighted by atomic mass is 16.7. The molecule has 0 N–H and O–H groups in total. The number of carbonyl (C=O) groups is 2. The predicted octanol–water partition coefficient (Wildman–Crippen LogP) is 1.79. The van der Waals surface area contributed by atoms with Crippen LogP contribution in [0, 0.1) is 5.92 Å². The Bertz CT molecular complexity index is 266. The first-order valence-corrected chi connectivity index (χ1v) is 5.06. The molecule has 1 rings (SSSR count). The summed E-state index contributed by atoms with van der Waals surface area (Å²) in [6, 6.07) is 0. The van der Waals surface area contributed by atoms with Crippen molar-refractivity contribution in [2.45, 2.75) is 38.9 Å². The van der Waals surface area contributed by atoms with Gasteiger partial charge in [0, 0.05) is 12.8 Å². The summed E-state index contributed by atoms with van der Waals surface area (Å²) in [5, 5.41) is 0. The topological polar surface area (TPSA) is 52.6 Å². The van der Waals surface area contributed by atoms with E-state index < -0.39 is 17.7 Å². The zero-order valence-corrected chi connectivity index (χ0v) is 9.12. The molecule has 1 saturated heterocycles. The number of carbonyl (C=O) groups excluding carboxylic acids is 2. The minimum atomic E-state index is -1.13. The zero-order chi connectivity index (χ0) is 11.5. The van der Waals surface area contributed by atoms with Gasteiger partial charge in [-0.3, -0.25) is 9.59 Å². The van der Waals surface area contributed by atoms with E-state index in [0.29, 0.717) is 6.42 Å². The van der Waals surface area contributed by atoms with Crippen LogP contribution in [0.5, 0.6) is 0 Å². The summed E-state index contributed by atoms with van der Waals surface area (Å²) >= 11 is 0. The lowest BCUT2D eigenvalue weighted by Gasteiger charge is -2.37. The van der Waals surface area contributed by atoms with E-state index in [0.717, 1.165) is 6.42 Å². The van der Waals surface area contributed by atoms with Crippen LogP contribution < -0.4 is 0 Å². The van der Waals surface area contributed by atoms with Crippen LogP contribution >= 0.6 is 0 Å². The van der Waals surface area contributed by atoms with Crippen molar-refractivity contribution in [3.63, 3.8) is 0 Å². The summed E-state index contributed by atoms with van der Waals surface area (Å²) in [6.45, 7) is 7.21. The van der Waals surface area contributed by atoms with Crippen molar-refractivity contribution in [2.24, 2.45) is 5.92 Å². The molecule has 0 aromatic heterocycles. The third kappa shape index (κ3) is 2.58. The lowest BCUT2D eigenvalue weighted by atomic mass is 9.92. The largest absolute Gasteiger partial charge is 0.422 e. The quantitative estimate of drug-likeness (QED) is 0.405. The molecule has 1 unspecified atom stereocenters. The fourth-order valence-electron chi connectivity index (χ4n) is 1.78. The third-order valence-electron chi connectivity index (χ3n) is 2.61. The van der Waals surface area contributed by atoms with Crippen LogP contribution in [0.1, 0.15) is 33.1 Å². The number of hydrogen-bond acceptors (Lipinski definition) is 4. The standard InChI is InChI=1S/C11H16O4/c1-4-6-8(5-2)11(3)14-9(12)7-10(13)15-11/h4,8H,1,5-7H2,2-3H3. The van der Waals surface area contributed by atoms with Crippen LogP contribution in [0.4, 0.5) is 0 Å². The molecule has 0 amide bonds. The van der Waals surface area contributed by atoms with Gasteiger partial charge in [-0.05, 0) is 12.8 Å². The van der Waals surface area contributed by atoms with Gasteiger partial charge in [0.05, 0.1) is 0 Å². The van der Waals surface area contributed by atoms with Crippen molar-refractivity contribution in [1.82, 2.24) is 0 Å². The molecular weight excluding hydrogens is 196 g/mol. The smallest absolute Gasteiger partial charge is 0.320 e. The second-order valence-corrected chi connectivity index (χ2v) is 3.77. The minimum Gasteiger partial charge on any atom is -0.422 e. The molecule has 0 aromatic rings. The molecule has 0 spiro atoms. The Balaban J connectivity index is 2.82. The van der Waals surface area contributed by atoms with Gasteiger partial charge >= 0.3 is 11.9 Å². The highest BCUT2D eigenvalue weighted by Crippen LogP contribution is 2.32. The first-order valence-electron chi connectivity index (χ1n) is 5.06. The molecule has 0 bridgehead atoms. The second-order valence-electron chi connectivity index (χ2n) is 3.77. The van der Waals surface area contributed by atoms with Gasteiger partial charge in [-0.15, -0.1) is 6.58 Å².